The summed E-state index contributed by atoms with van der Waals surface area (Å²) in [5.74, 6) is -0.736. The van der Waals surface area contributed by atoms with Gasteiger partial charge in [-0.2, -0.15) is 13.2 Å². The second-order valence-electron chi connectivity index (χ2n) is 10.4. The van der Waals surface area contributed by atoms with Crippen molar-refractivity contribution in [2.75, 3.05) is 26.2 Å². The van der Waals surface area contributed by atoms with Gasteiger partial charge in [-0.05, 0) is 65.4 Å². The minimum absolute atomic E-state index is 0.0890. The molecule has 1 aliphatic rings. The maximum atomic E-state index is 13.5. The first-order chi connectivity index (χ1) is 18.0. The molecule has 0 N–H and O–H groups in total. The van der Waals surface area contributed by atoms with Crippen molar-refractivity contribution in [3.8, 4) is 0 Å². The van der Waals surface area contributed by atoms with Crippen molar-refractivity contribution in [3.05, 3.63) is 106 Å². The first-order valence-electron chi connectivity index (χ1n) is 12.7. The van der Waals surface area contributed by atoms with Gasteiger partial charge in [0.1, 0.15) is 5.82 Å². The smallest absolute Gasteiger partial charge is 0.338 e. The van der Waals surface area contributed by atoms with Crippen LogP contribution in [0.2, 0.25) is 5.02 Å². The number of hydrogen-bond donors (Lipinski definition) is 0. The molecular weight excluding hydrogens is 516 g/mol. The Morgan fingerprint density at radius 3 is 2.34 bits per heavy atom. The molecule has 0 spiro atoms. The van der Waals surface area contributed by atoms with E-state index in [4.69, 9.17) is 11.6 Å². The van der Waals surface area contributed by atoms with Crippen LogP contribution in [-0.2, 0) is 12.7 Å². The van der Waals surface area contributed by atoms with Gasteiger partial charge in [-0.3, -0.25) is 9.69 Å². The Kier molecular flexibility index (Phi) is 8.78. The Morgan fingerprint density at radius 2 is 1.71 bits per heavy atom. The van der Waals surface area contributed by atoms with Crippen molar-refractivity contribution in [3.63, 3.8) is 0 Å². The maximum Gasteiger partial charge on any atom is 0.416 e. The minimum Gasteiger partial charge on any atom is -0.338 e. The zero-order chi connectivity index (χ0) is 27.4. The van der Waals surface area contributed by atoms with E-state index in [9.17, 15) is 22.4 Å². The highest BCUT2D eigenvalue weighted by Crippen LogP contribution is 2.37. The average Bonchev–Trinajstić information content (AvgIpc) is 3.26. The van der Waals surface area contributed by atoms with Crippen molar-refractivity contribution in [1.82, 2.24) is 9.80 Å². The van der Waals surface area contributed by atoms with Crippen molar-refractivity contribution in [1.29, 1.82) is 0 Å². The molecule has 0 aromatic heterocycles. The number of carbonyl (C=O) groups is 1. The van der Waals surface area contributed by atoms with Crippen molar-refractivity contribution >= 4 is 17.5 Å². The Morgan fingerprint density at radius 1 is 1.03 bits per heavy atom. The minimum atomic E-state index is -4.44. The monoisotopic (exact) mass is 546 g/mol. The predicted molar refractivity (Wildman–Crippen MR) is 142 cm³/mol. The van der Waals surface area contributed by atoms with E-state index in [2.05, 4.69) is 4.90 Å². The van der Waals surface area contributed by atoms with Crippen LogP contribution in [0.25, 0.3) is 0 Å². The number of hydrogen-bond acceptors (Lipinski definition) is 2. The molecule has 1 heterocycles. The number of benzene rings is 3. The molecule has 2 unspecified atom stereocenters. The van der Waals surface area contributed by atoms with E-state index >= 15 is 0 Å². The SMILES string of the molecule is CC(C)CN(CC1CN(Cc2ccc(Cl)cc2)CC1c1cccc(C(F)(F)F)c1)C(=O)c1ccc(F)cc1. The van der Waals surface area contributed by atoms with E-state index in [-0.39, 0.29) is 23.7 Å². The van der Waals surface area contributed by atoms with Gasteiger partial charge in [-0.25, -0.2) is 4.39 Å². The molecule has 4 rings (SSSR count). The molecule has 1 fully saturated rings. The van der Waals surface area contributed by atoms with E-state index in [1.54, 1.807) is 11.0 Å². The van der Waals surface area contributed by atoms with E-state index in [1.165, 1.54) is 36.4 Å². The number of nitrogens with zero attached hydrogens (tertiary/aromatic N) is 2. The molecule has 38 heavy (non-hydrogen) atoms. The zero-order valence-corrected chi connectivity index (χ0v) is 22.1. The summed E-state index contributed by atoms with van der Waals surface area (Å²) in [5.41, 5.74) is 1.38. The molecule has 0 saturated carbocycles. The van der Waals surface area contributed by atoms with Gasteiger partial charge in [0.15, 0.2) is 0 Å². The summed E-state index contributed by atoms with van der Waals surface area (Å²) in [4.78, 5) is 17.4. The first-order valence-corrected chi connectivity index (χ1v) is 13.1. The van der Waals surface area contributed by atoms with E-state index < -0.39 is 17.6 Å². The van der Waals surface area contributed by atoms with Crippen LogP contribution in [0, 0.1) is 17.7 Å². The molecule has 3 nitrogen and oxygen atoms in total. The van der Waals surface area contributed by atoms with Gasteiger partial charge in [-0.15, -0.1) is 0 Å². The van der Waals surface area contributed by atoms with E-state index in [1.807, 2.05) is 38.1 Å². The molecule has 0 aliphatic carbocycles. The highest BCUT2D eigenvalue weighted by molar-refractivity contribution is 6.30. The van der Waals surface area contributed by atoms with Gasteiger partial charge in [0, 0.05) is 49.2 Å². The Labute approximate surface area is 226 Å². The number of amides is 1. The molecule has 1 saturated heterocycles. The molecular formula is C30H31ClF4N2O. The lowest BCUT2D eigenvalue weighted by molar-refractivity contribution is -0.137. The third kappa shape index (κ3) is 7.14. The lowest BCUT2D eigenvalue weighted by Crippen LogP contribution is -2.39. The summed E-state index contributed by atoms with van der Waals surface area (Å²) in [5, 5.41) is 0.638. The summed E-state index contributed by atoms with van der Waals surface area (Å²) in [6.07, 6.45) is -4.44. The average molecular weight is 547 g/mol. The molecule has 8 heteroatoms. The zero-order valence-electron chi connectivity index (χ0n) is 21.4. The summed E-state index contributed by atoms with van der Waals surface area (Å²) >= 11 is 6.03. The van der Waals surface area contributed by atoms with E-state index in [0.717, 1.165) is 11.6 Å². The summed E-state index contributed by atoms with van der Waals surface area (Å²) in [6, 6.07) is 18.5. The molecule has 1 aliphatic heterocycles. The molecule has 0 radical (unpaired) electrons. The van der Waals surface area contributed by atoms with Crippen LogP contribution in [0.1, 0.15) is 46.8 Å². The topological polar surface area (TPSA) is 23.6 Å². The lowest BCUT2D eigenvalue weighted by Gasteiger charge is -2.30. The van der Waals surface area contributed by atoms with Crippen molar-refractivity contribution in [2.24, 2.45) is 11.8 Å². The Balaban J connectivity index is 1.63. The fraction of sp³-hybridized carbons (Fsp3) is 0.367. The molecule has 1 amide bonds. The predicted octanol–water partition coefficient (Wildman–Crippen LogP) is 7.51. The molecule has 2 atom stereocenters. The third-order valence-corrected chi connectivity index (χ3v) is 7.15. The second-order valence-corrected chi connectivity index (χ2v) is 10.9. The van der Waals surface area contributed by atoms with Crippen LogP contribution in [0.4, 0.5) is 17.6 Å². The van der Waals surface area contributed by atoms with Crippen molar-refractivity contribution in [2.45, 2.75) is 32.5 Å². The lowest BCUT2D eigenvalue weighted by atomic mass is 9.87. The number of likely N-dealkylation sites (tertiary alicyclic amines) is 1. The molecule has 3 aromatic rings. The fourth-order valence-corrected chi connectivity index (χ4v) is 5.31. The van der Waals surface area contributed by atoms with Gasteiger partial charge < -0.3 is 4.90 Å². The Hall–Kier alpha value is -2.90. The quantitative estimate of drug-likeness (QED) is 0.273. The van der Waals surface area contributed by atoms with Crippen LogP contribution < -0.4 is 0 Å². The highest BCUT2D eigenvalue weighted by Gasteiger charge is 2.38. The molecule has 202 valence electrons. The first kappa shape index (κ1) is 28.1. The second kappa shape index (κ2) is 11.9. The number of carbonyl (C=O) groups excluding carboxylic acids is 1. The number of alkyl halides is 3. The molecule has 3 aromatic carbocycles. The third-order valence-electron chi connectivity index (χ3n) is 6.90. The summed E-state index contributed by atoms with van der Waals surface area (Å²) in [6.45, 7) is 6.70. The van der Waals surface area contributed by atoms with Crippen LogP contribution >= 0.6 is 11.6 Å². The normalized spacial score (nSPS) is 18.2. The number of halogens is 5. The summed E-state index contributed by atoms with van der Waals surface area (Å²) < 4.78 is 54.0. The van der Waals surface area contributed by atoms with Crippen LogP contribution in [0.15, 0.2) is 72.8 Å². The highest BCUT2D eigenvalue weighted by atomic mass is 35.5. The maximum absolute atomic E-state index is 13.5. The van der Waals surface area contributed by atoms with Gasteiger partial charge in [0.2, 0.25) is 0 Å². The van der Waals surface area contributed by atoms with Crippen molar-refractivity contribution < 1.29 is 22.4 Å². The van der Waals surface area contributed by atoms with Crippen LogP contribution in [-0.4, -0.2) is 41.9 Å². The van der Waals surface area contributed by atoms with Gasteiger partial charge in [0.25, 0.3) is 5.91 Å². The van der Waals surface area contributed by atoms with Gasteiger partial charge >= 0.3 is 6.18 Å². The summed E-state index contributed by atoms with van der Waals surface area (Å²) in [7, 11) is 0. The van der Waals surface area contributed by atoms with Gasteiger partial charge in [0.05, 0.1) is 5.56 Å². The van der Waals surface area contributed by atoms with Gasteiger partial charge in [-0.1, -0.05) is 55.8 Å². The fourth-order valence-electron chi connectivity index (χ4n) is 5.19. The van der Waals surface area contributed by atoms with E-state index in [0.29, 0.717) is 48.9 Å². The van der Waals surface area contributed by atoms with Crippen LogP contribution in [0.3, 0.4) is 0 Å². The standard InChI is InChI=1S/C30H31ClF4N2O/c1-20(2)15-37(29(38)22-8-12-27(32)13-9-22)18-24-17-36(16-21-6-10-26(31)11-7-21)19-28(24)23-4-3-5-25(14-23)30(33,34)35/h3-14,20,24,28H,15-19H2,1-2H3. The molecule has 0 bridgehead atoms. The number of rotatable bonds is 8. The largest absolute Gasteiger partial charge is 0.416 e. The van der Waals surface area contributed by atoms with Crippen LogP contribution in [0.5, 0.6) is 0 Å². The Bertz CT molecular complexity index is 1230.